The first-order chi connectivity index (χ1) is 26.3. The van der Waals surface area contributed by atoms with Crippen LogP contribution in [0.15, 0.2) is 42.1 Å². The van der Waals surface area contributed by atoms with E-state index in [-0.39, 0.29) is 24.3 Å². The molecule has 0 saturated carbocycles. The van der Waals surface area contributed by atoms with Crippen LogP contribution in [0.2, 0.25) is 0 Å². The molecule has 0 spiro atoms. The van der Waals surface area contributed by atoms with Crippen LogP contribution >= 0.6 is 0 Å². The summed E-state index contributed by atoms with van der Waals surface area (Å²) in [5.41, 5.74) is -1.46. The Bertz CT molecular complexity index is 1860. The van der Waals surface area contributed by atoms with Crippen LogP contribution < -0.4 is 10.6 Å². The number of carboxylic acid groups (broad SMARTS) is 1. The molecule has 0 aliphatic carbocycles. The third-order valence-electron chi connectivity index (χ3n) is 9.91. The van der Waals surface area contributed by atoms with Gasteiger partial charge in [-0.3, -0.25) is 24.1 Å². The van der Waals surface area contributed by atoms with Gasteiger partial charge in [0.2, 0.25) is 17.7 Å². The van der Waals surface area contributed by atoms with E-state index in [9.17, 15) is 33.9 Å². The molecule has 0 aliphatic rings. The van der Waals surface area contributed by atoms with E-state index in [1.165, 1.54) is 23.8 Å². The highest BCUT2D eigenvalue weighted by molar-refractivity contribution is 5.96. The van der Waals surface area contributed by atoms with E-state index < -0.39 is 82.0 Å². The van der Waals surface area contributed by atoms with E-state index >= 15 is 0 Å². The van der Waals surface area contributed by atoms with Crippen molar-refractivity contribution < 1.29 is 43.3 Å². The third kappa shape index (κ3) is 13.1. The Hall–Kier alpha value is -4.88. The molecule has 14 nitrogen and oxygen atoms in total. The maximum atomic E-state index is 14.8. The van der Waals surface area contributed by atoms with Crippen LogP contribution in [-0.2, 0) is 45.9 Å². The lowest BCUT2D eigenvalue weighted by Gasteiger charge is -2.42. The number of hydrogen-bond donors (Lipinski definition) is 3. The van der Waals surface area contributed by atoms with Crippen LogP contribution in [0.5, 0.6) is 0 Å². The van der Waals surface area contributed by atoms with Crippen LogP contribution in [-0.4, -0.2) is 105 Å². The Morgan fingerprint density at radius 3 is 1.90 bits per heavy atom. The number of nitrogens with zero attached hydrogens (tertiary/aromatic N) is 3. The van der Waals surface area contributed by atoms with Crippen molar-refractivity contribution >= 4 is 46.7 Å². The summed E-state index contributed by atoms with van der Waals surface area (Å²) >= 11 is 0. The molecule has 1 aromatic carbocycles. The predicted molar refractivity (Wildman–Crippen MR) is 225 cm³/mol. The normalized spacial score (nSPS) is 14.9. The first kappa shape index (κ1) is 49.3. The van der Waals surface area contributed by atoms with Crippen molar-refractivity contribution in [1.82, 2.24) is 25.0 Å². The highest BCUT2D eigenvalue weighted by Gasteiger charge is 2.47. The van der Waals surface area contributed by atoms with Crippen molar-refractivity contribution in [3.05, 3.63) is 47.7 Å². The average molecular weight is 812 g/mol. The van der Waals surface area contributed by atoms with E-state index in [0.717, 1.165) is 16.5 Å². The van der Waals surface area contributed by atoms with Gasteiger partial charge in [0.1, 0.15) is 29.3 Å². The van der Waals surface area contributed by atoms with Crippen LogP contribution in [0.4, 0.5) is 4.79 Å². The number of esters is 1. The minimum absolute atomic E-state index is 0.161. The summed E-state index contributed by atoms with van der Waals surface area (Å²) < 4.78 is 13.0. The zero-order valence-corrected chi connectivity index (χ0v) is 37.8. The lowest BCUT2D eigenvalue weighted by atomic mass is 9.76. The molecule has 0 saturated heterocycles. The van der Waals surface area contributed by atoms with Gasteiger partial charge in [0, 0.05) is 55.7 Å². The summed E-state index contributed by atoms with van der Waals surface area (Å²) in [7, 11) is 5.02. The van der Waals surface area contributed by atoms with Gasteiger partial charge in [-0.2, -0.15) is 0 Å². The van der Waals surface area contributed by atoms with Crippen LogP contribution in [0.3, 0.4) is 0 Å². The second kappa shape index (κ2) is 18.8. The molecule has 14 heteroatoms. The van der Waals surface area contributed by atoms with E-state index in [1.807, 2.05) is 90.5 Å². The van der Waals surface area contributed by atoms with Crippen molar-refractivity contribution in [3.63, 3.8) is 0 Å². The van der Waals surface area contributed by atoms with E-state index in [4.69, 9.17) is 9.47 Å². The van der Waals surface area contributed by atoms with Crippen molar-refractivity contribution in [1.29, 1.82) is 0 Å². The Kier molecular flexibility index (Phi) is 16.0. The van der Waals surface area contributed by atoms with E-state index in [1.54, 1.807) is 54.7 Å². The summed E-state index contributed by atoms with van der Waals surface area (Å²) in [6.07, 6.45) is 2.45. The van der Waals surface area contributed by atoms with Crippen molar-refractivity contribution in [2.45, 2.75) is 151 Å². The molecule has 1 heterocycles. The second-order valence-corrected chi connectivity index (χ2v) is 19.2. The fourth-order valence-corrected chi connectivity index (χ4v) is 6.92. The standard InChI is InChI=1S/C44H69N5O9/c1-26(2)32(24-27(3)36(51)45-30(39(54)55)22-23-33(50)57-42(7,8)9)48(16)38(53)34(41(4,5)6)46-37(52)35(49(17)40(56)58-43(10,11)12)44(13,14)29-25-47(15)31-21-19-18-20-28(29)31/h18-21,24-26,30,32,34-35H,22-23H2,1-17H3,(H,45,51)(H,46,52)(H,54,55)/b27-24+/t30-,32-,34?,35-/m1/s1. The molecule has 1 aromatic heterocycles. The number of rotatable bonds is 15. The molecule has 2 rings (SSSR count). The van der Waals surface area contributed by atoms with Gasteiger partial charge in [0.25, 0.3) is 0 Å². The average Bonchev–Trinajstić information content (AvgIpc) is 3.41. The largest absolute Gasteiger partial charge is 0.480 e. The van der Waals surface area contributed by atoms with Gasteiger partial charge < -0.3 is 34.7 Å². The number of carboxylic acids is 1. The Morgan fingerprint density at radius 1 is 0.845 bits per heavy atom. The monoisotopic (exact) mass is 812 g/mol. The first-order valence-electron chi connectivity index (χ1n) is 19.8. The molecule has 0 aliphatic heterocycles. The first-order valence-corrected chi connectivity index (χ1v) is 19.8. The molecule has 324 valence electrons. The topological polar surface area (TPSA) is 177 Å². The number of carbonyl (C=O) groups is 6. The van der Waals surface area contributed by atoms with Crippen molar-refractivity contribution in [2.75, 3.05) is 14.1 Å². The molecular weight excluding hydrogens is 743 g/mol. The number of para-hydroxylation sites is 1. The van der Waals surface area contributed by atoms with Gasteiger partial charge in [-0.05, 0) is 77.8 Å². The number of aliphatic carboxylic acids is 1. The molecule has 3 N–H and O–H groups in total. The maximum absolute atomic E-state index is 14.8. The predicted octanol–water partition coefficient (Wildman–Crippen LogP) is 6.34. The molecule has 0 fully saturated rings. The fraction of sp³-hybridized carbons (Fsp3) is 0.636. The van der Waals surface area contributed by atoms with Gasteiger partial charge in [0.05, 0.1) is 6.04 Å². The van der Waals surface area contributed by atoms with Gasteiger partial charge in [-0.1, -0.05) is 72.7 Å². The number of hydrogen-bond acceptors (Lipinski definition) is 8. The summed E-state index contributed by atoms with van der Waals surface area (Å²) in [4.78, 5) is 83.4. The molecule has 0 bridgehead atoms. The van der Waals surface area contributed by atoms with Gasteiger partial charge in [-0.25, -0.2) is 9.59 Å². The lowest BCUT2D eigenvalue weighted by Crippen LogP contribution is -2.63. The molecule has 0 radical (unpaired) electrons. The van der Waals surface area contributed by atoms with Gasteiger partial charge >= 0.3 is 18.0 Å². The number of benzene rings is 1. The van der Waals surface area contributed by atoms with Crippen LogP contribution in [0, 0.1) is 11.3 Å². The van der Waals surface area contributed by atoms with Crippen molar-refractivity contribution in [3.8, 4) is 0 Å². The van der Waals surface area contributed by atoms with Crippen LogP contribution in [0.25, 0.3) is 10.9 Å². The van der Waals surface area contributed by atoms with Gasteiger partial charge in [0.15, 0.2) is 0 Å². The minimum atomic E-state index is -1.36. The number of fused-ring (bicyclic) bond motifs is 1. The number of aromatic nitrogens is 1. The molecular formula is C44H69N5O9. The Balaban J connectivity index is 2.51. The van der Waals surface area contributed by atoms with Gasteiger partial charge in [-0.15, -0.1) is 0 Å². The van der Waals surface area contributed by atoms with Crippen LogP contribution in [0.1, 0.15) is 115 Å². The summed E-state index contributed by atoms with van der Waals surface area (Å²) in [6, 6.07) is 3.56. The summed E-state index contributed by atoms with van der Waals surface area (Å²) in [6.45, 7) is 24.9. The smallest absolute Gasteiger partial charge is 0.410 e. The molecule has 2 aromatic rings. The number of likely N-dealkylation sites (N-methyl/N-ethyl adjacent to an activating group) is 2. The number of carbonyl (C=O) groups excluding carboxylic acids is 5. The fourth-order valence-electron chi connectivity index (χ4n) is 6.92. The zero-order valence-electron chi connectivity index (χ0n) is 37.8. The quantitative estimate of drug-likeness (QED) is 0.137. The van der Waals surface area contributed by atoms with E-state index in [0.29, 0.717) is 0 Å². The Labute approximate surface area is 345 Å². The molecule has 1 unspecified atom stereocenters. The lowest BCUT2D eigenvalue weighted by molar-refractivity contribution is -0.155. The highest BCUT2D eigenvalue weighted by atomic mass is 16.6. The second-order valence-electron chi connectivity index (χ2n) is 19.2. The number of ether oxygens (including phenoxy) is 2. The number of aryl methyl sites for hydroxylation is 1. The van der Waals surface area contributed by atoms with E-state index in [2.05, 4.69) is 10.6 Å². The summed E-state index contributed by atoms with van der Waals surface area (Å²) in [5.74, 6) is -3.78. The molecule has 4 atom stereocenters. The molecule has 58 heavy (non-hydrogen) atoms. The maximum Gasteiger partial charge on any atom is 0.410 e. The van der Waals surface area contributed by atoms with Crippen molar-refractivity contribution in [2.24, 2.45) is 18.4 Å². The SMILES string of the molecule is C/C(=C\[C@H](C(C)C)N(C)C(=O)C(NC(=O)[C@@H](N(C)C(=O)OC(C)(C)C)C(C)(C)c1cn(C)c2ccccc12)C(C)(C)C)C(=O)N[C@H](CCC(=O)OC(C)(C)C)C(=O)O. The molecule has 4 amide bonds. The third-order valence-corrected chi connectivity index (χ3v) is 9.91. The minimum Gasteiger partial charge on any atom is -0.480 e. The summed E-state index contributed by atoms with van der Waals surface area (Å²) in [5, 5.41) is 16.2. The Morgan fingerprint density at radius 2 is 1.40 bits per heavy atom. The highest BCUT2D eigenvalue weighted by Crippen LogP contribution is 2.37. The number of amides is 4. The number of nitrogens with one attached hydrogen (secondary N) is 2. The zero-order chi connectivity index (χ0) is 44.9.